The van der Waals surface area contributed by atoms with Crippen LogP contribution in [-0.4, -0.2) is 24.5 Å². The molecule has 0 bridgehead atoms. The van der Waals surface area contributed by atoms with E-state index in [9.17, 15) is 9.59 Å². The van der Waals surface area contributed by atoms with Gasteiger partial charge in [-0.05, 0) is 19.3 Å². The van der Waals surface area contributed by atoms with Crippen molar-refractivity contribution in [3.63, 3.8) is 0 Å². The minimum atomic E-state index is -0.232. The van der Waals surface area contributed by atoms with Crippen LogP contribution in [0.1, 0.15) is 33.1 Å². The first-order chi connectivity index (χ1) is 6.59. The second kappa shape index (κ2) is 4.98. The molecule has 1 aliphatic carbocycles. The van der Waals surface area contributed by atoms with Gasteiger partial charge in [-0.25, -0.2) is 0 Å². The molecular weight excluding hydrogens is 182 g/mol. The second-order valence-electron chi connectivity index (χ2n) is 3.78. The van der Waals surface area contributed by atoms with E-state index in [1.165, 1.54) is 13.8 Å². The standard InChI is InChI=1S/C10H17NO3/c1-7(12)11-6-9-4-3-5-10(9)14-8(2)13/h9-10H,3-6H2,1-2H3,(H,11,12). The Morgan fingerprint density at radius 3 is 2.64 bits per heavy atom. The Kier molecular flexibility index (Phi) is 3.92. The molecule has 1 saturated carbocycles. The number of nitrogens with one attached hydrogen (secondary N) is 1. The third-order valence-corrected chi connectivity index (χ3v) is 2.52. The molecule has 1 amide bonds. The number of carbonyl (C=O) groups is 2. The zero-order chi connectivity index (χ0) is 10.6. The van der Waals surface area contributed by atoms with Crippen LogP contribution in [0.15, 0.2) is 0 Å². The molecule has 1 rings (SSSR count). The van der Waals surface area contributed by atoms with Gasteiger partial charge in [0.05, 0.1) is 0 Å². The van der Waals surface area contributed by atoms with E-state index in [0.29, 0.717) is 12.5 Å². The predicted molar refractivity (Wildman–Crippen MR) is 51.6 cm³/mol. The highest BCUT2D eigenvalue weighted by atomic mass is 16.5. The van der Waals surface area contributed by atoms with Crippen molar-refractivity contribution in [1.29, 1.82) is 0 Å². The van der Waals surface area contributed by atoms with Crippen LogP contribution in [0.4, 0.5) is 0 Å². The molecule has 2 unspecified atom stereocenters. The fraction of sp³-hybridized carbons (Fsp3) is 0.800. The summed E-state index contributed by atoms with van der Waals surface area (Å²) in [5, 5.41) is 2.76. The monoisotopic (exact) mass is 199 g/mol. The van der Waals surface area contributed by atoms with Gasteiger partial charge in [0.1, 0.15) is 6.10 Å². The molecular formula is C10H17NO3. The lowest BCUT2D eigenvalue weighted by Gasteiger charge is -2.19. The number of esters is 1. The van der Waals surface area contributed by atoms with Gasteiger partial charge in [-0.3, -0.25) is 9.59 Å². The van der Waals surface area contributed by atoms with Crippen molar-refractivity contribution < 1.29 is 14.3 Å². The van der Waals surface area contributed by atoms with Crippen molar-refractivity contribution in [2.24, 2.45) is 5.92 Å². The lowest BCUT2D eigenvalue weighted by Crippen LogP contribution is -2.32. The summed E-state index contributed by atoms with van der Waals surface area (Å²) in [5.74, 6) is 0.0333. The van der Waals surface area contributed by atoms with E-state index in [2.05, 4.69) is 5.32 Å². The Bertz CT molecular complexity index is 227. The molecule has 1 aliphatic rings. The first kappa shape index (κ1) is 11.0. The number of carbonyl (C=O) groups excluding carboxylic acids is 2. The van der Waals surface area contributed by atoms with Gasteiger partial charge in [0.2, 0.25) is 5.91 Å². The van der Waals surface area contributed by atoms with E-state index in [1.54, 1.807) is 0 Å². The van der Waals surface area contributed by atoms with Gasteiger partial charge in [-0.2, -0.15) is 0 Å². The molecule has 0 aromatic carbocycles. The highest BCUT2D eigenvalue weighted by molar-refractivity contribution is 5.72. The van der Waals surface area contributed by atoms with Crippen molar-refractivity contribution in [1.82, 2.24) is 5.32 Å². The maximum absolute atomic E-state index is 10.8. The number of amides is 1. The van der Waals surface area contributed by atoms with Crippen LogP contribution in [0, 0.1) is 5.92 Å². The van der Waals surface area contributed by atoms with Crippen LogP contribution >= 0.6 is 0 Å². The summed E-state index contributed by atoms with van der Waals surface area (Å²) in [6.07, 6.45) is 3.02. The SMILES string of the molecule is CC(=O)NCC1CCCC1OC(C)=O. The molecule has 1 N–H and O–H groups in total. The van der Waals surface area contributed by atoms with Gasteiger partial charge in [0.15, 0.2) is 0 Å². The van der Waals surface area contributed by atoms with Gasteiger partial charge >= 0.3 is 5.97 Å². The lowest BCUT2D eigenvalue weighted by atomic mass is 10.1. The highest BCUT2D eigenvalue weighted by Crippen LogP contribution is 2.27. The largest absolute Gasteiger partial charge is 0.462 e. The van der Waals surface area contributed by atoms with Crippen molar-refractivity contribution >= 4 is 11.9 Å². The molecule has 0 aromatic rings. The van der Waals surface area contributed by atoms with Crippen molar-refractivity contribution in [3.8, 4) is 0 Å². The molecule has 1 fully saturated rings. The van der Waals surface area contributed by atoms with Crippen molar-refractivity contribution in [2.75, 3.05) is 6.54 Å². The van der Waals surface area contributed by atoms with Gasteiger partial charge < -0.3 is 10.1 Å². The lowest BCUT2D eigenvalue weighted by molar-refractivity contribution is -0.147. The van der Waals surface area contributed by atoms with E-state index in [0.717, 1.165) is 19.3 Å². The first-order valence-electron chi connectivity index (χ1n) is 5.01. The zero-order valence-corrected chi connectivity index (χ0v) is 8.71. The van der Waals surface area contributed by atoms with Gasteiger partial charge in [0, 0.05) is 26.3 Å². The topological polar surface area (TPSA) is 55.4 Å². The molecule has 0 saturated heterocycles. The van der Waals surface area contributed by atoms with E-state index in [1.807, 2.05) is 0 Å². The minimum absolute atomic E-state index is 0.000602. The highest BCUT2D eigenvalue weighted by Gasteiger charge is 2.29. The second-order valence-corrected chi connectivity index (χ2v) is 3.78. The average Bonchev–Trinajstić information content (AvgIpc) is 2.47. The molecule has 0 radical (unpaired) electrons. The maximum Gasteiger partial charge on any atom is 0.302 e. The maximum atomic E-state index is 10.8. The van der Waals surface area contributed by atoms with Crippen molar-refractivity contribution in [2.45, 2.75) is 39.2 Å². The Balaban J connectivity index is 2.35. The molecule has 0 aromatic heterocycles. The minimum Gasteiger partial charge on any atom is -0.462 e. The van der Waals surface area contributed by atoms with Crippen molar-refractivity contribution in [3.05, 3.63) is 0 Å². The summed E-state index contributed by atoms with van der Waals surface area (Å²) < 4.78 is 5.17. The van der Waals surface area contributed by atoms with Gasteiger partial charge in [-0.1, -0.05) is 0 Å². The fourth-order valence-electron chi connectivity index (χ4n) is 1.88. The first-order valence-corrected chi connectivity index (χ1v) is 5.01. The van der Waals surface area contributed by atoms with Gasteiger partial charge in [-0.15, -0.1) is 0 Å². The summed E-state index contributed by atoms with van der Waals surface area (Å²) in [7, 11) is 0. The number of hydrogen-bond acceptors (Lipinski definition) is 3. The van der Waals surface area contributed by atoms with Crippen LogP contribution < -0.4 is 5.32 Å². The molecule has 0 heterocycles. The summed E-state index contributed by atoms with van der Waals surface area (Å²) >= 11 is 0. The Hall–Kier alpha value is -1.06. The average molecular weight is 199 g/mol. The van der Waals surface area contributed by atoms with Crippen LogP contribution in [0.2, 0.25) is 0 Å². The van der Waals surface area contributed by atoms with Crippen LogP contribution in [0.5, 0.6) is 0 Å². The summed E-state index contributed by atoms with van der Waals surface area (Å²) in [6.45, 7) is 3.54. The quantitative estimate of drug-likeness (QED) is 0.686. The fourth-order valence-corrected chi connectivity index (χ4v) is 1.88. The Morgan fingerprint density at radius 2 is 2.07 bits per heavy atom. The third-order valence-electron chi connectivity index (χ3n) is 2.52. The van der Waals surface area contributed by atoms with E-state index in [4.69, 9.17) is 4.74 Å². The third kappa shape index (κ3) is 3.36. The molecule has 0 spiro atoms. The predicted octanol–water partition coefficient (Wildman–Crippen LogP) is 0.854. The smallest absolute Gasteiger partial charge is 0.302 e. The number of hydrogen-bond donors (Lipinski definition) is 1. The normalized spacial score (nSPS) is 25.9. The van der Waals surface area contributed by atoms with Gasteiger partial charge in [0.25, 0.3) is 0 Å². The van der Waals surface area contributed by atoms with Crippen LogP contribution in [0.3, 0.4) is 0 Å². The molecule has 4 heteroatoms. The molecule has 0 aliphatic heterocycles. The summed E-state index contributed by atoms with van der Waals surface area (Å²) in [6, 6.07) is 0. The number of rotatable bonds is 3. The van der Waals surface area contributed by atoms with E-state index < -0.39 is 0 Å². The molecule has 4 nitrogen and oxygen atoms in total. The zero-order valence-electron chi connectivity index (χ0n) is 8.71. The number of ether oxygens (including phenoxy) is 1. The Labute approximate surface area is 84.0 Å². The summed E-state index contributed by atoms with van der Waals surface area (Å²) in [5.41, 5.74) is 0. The molecule has 2 atom stereocenters. The van der Waals surface area contributed by atoms with Crippen LogP contribution in [0.25, 0.3) is 0 Å². The molecule has 80 valence electrons. The Morgan fingerprint density at radius 1 is 1.36 bits per heavy atom. The van der Waals surface area contributed by atoms with E-state index >= 15 is 0 Å². The van der Waals surface area contributed by atoms with E-state index in [-0.39, 0.29) is 18.0 Å². The molecule has 14 heavy (non-hydrogen) atoms. The van der Waals surface area contributed by atoms with Crippen LogP contribution in [-0.2, 0) is 14.3 Å². The summed E-state index contributed by atoms with van der Waals surface area (Å²) in [4.78, 5) is 21.5.